The first-order valence-electron chi connectivity index (χ1n) is 4.30. The minimum atomic E-state index is 0.292. The van der Waals surface area contributed by atoms with Gasteiger partial charge in [-0.2, -0.15) is 0 Å². The molecule has 0 heterocycles. The van der Waals surface area contributed by atoms with E-state index < -0.39 is 0 Å². The van der Waals surface area contributed by atoms with E-state index in [1.165, 1.54) is 0 Å². The predicted molar refractivity (Wildman–Crippen MR) is 47.1 cm³/mol. The molecule has 0 saturated heterocycles. The van der Waals surface area contributed by atoms with E-state index in [1.807, 2.05) is 6.92 Å². The van der Waals surface area contributed by atoms with Crippen molar-refractivity contribution in [3.05, 3.63) is 0 Å². The Morgan fingerprint density at radius 2 is 2.09 bits per heavy atom. The average Bonchev–Trinajstić information content (AvgIpc) is 2.05. The van der Waals surface area contributed by atoms with Gasteiger partial charge < -0.3 is 4.74 Å². The molecule has 0 radical (unpaired) electrons. The maximum Gasteiger partial charge on any atom is 0.0635 e. The highest BCUT2D eigenvalue weighted by atomic mass is 16.5. The lowest BCUT2D eigenvalue weighted by Crippen LogP contribution is -2.43. The third-order valence-corrected chi connectivity index (χ3v) is 2.05. The Morgan fingerprint density at radius 1 is 1.45 bits per heavy atom. The molecule has 0 rings (SSSR count). The Morgan fingerprint density at radius 3 is 2.45 bits per heavy atom. The van der Waals surface area contributed by atoms with Crippen molar-refractivity contribution >= 4 is 0 Å². The summed E-state index contributed by atoms with van der Waals surface area (Å²) in [4.78, 5) is 0. The van der Waals surface area contributed by atoms with Crippen LogP contribution in [-0.4, -0.2) is 19.3 Å². The monoisotopic (exact) mass is 160 g/mol. The van der Waals surface area contributed by atoms with E-state index >= 15 is 0 Å². The molecule has 0 bridgehead atoms. The van der Waals surface area contributed by atoms with Gasteiger partial charge in [-0.15, -0.1) is 0 Å². The first kappa shape index (κ1) is 10.9. The number of rotatable bonds is 6. The summed E-state index contributed by atoms with van der Waals surface area (Å²) < 4.78 is 5.27. The molecule has 0 amide bonds. The molecule has 3 heteroatoms. The minimum Gasteiger partial charge on any atom is -0.380 e. The number of nitrogens with two attached hydrogens (primary N) is 1. The molecule has 0 aromatic carbocycles. The zero-order chi connectivity index (χ0) is 8.69. The van der Waals surface area contributed by atoms with Gasteiger partial charge in [0.25, 0.3) is 0 Å². The molecule has 3 N–H and O–H groups in total. The fourth-order valence-electron chi connectivity index (χ4n) is 0.906. The van der Waals surface area contributed by atoms with Crippen LogP contribution in [0.4, 0.5) is 0 Å². The van der Waals surface area contributed by atoms with E-state index in [4.69, 9.17) is 10.6 Å². The Hall–Kier alpha value is -0.120. The lowest BCUT2D eigenvalue weighted by Gasteiger charge is -2.21. The highest BCUT2D eigenvalue weighted by molar-refractivity contribution is 4.68. The first-order chi connectivity index (χ1) is 5.26. The van der Waals surface area contributed by atoms with Crippen molar-refractivity contribution < 1.29 is 4.74 Å². The molecule has 0 aliphatic rings. The fraction of sp³-hybridized carbons (Fsp3) is 1.00. The topological polar surface area (TPSA) is 47.3 Å². The molecule has 0 spiro atoms. The van der Waals surface area contributed by atoms with Crippen molar-refractivity contribution in [1.82, 2.24) is 5.43 Å². The van der Waals surface area contributed by atoms with Crippen LogP contribution in [0.3, 0.4) is 0 Å². The van der Waals surface area contributed by atoms with E-state index in [9.17, 15) is 0 Å². The Balaban J connectivity index is 3.56. The van der Waals surface area contributed by atoms with Crippen molar-refractivity contribution in [3.8, 4) is 0 Å². The molecule has 0 aliphatic heterocycles. The van der Waals surface area contributed by atoms with Crippen molar-refractivity contribution in [2.45, 2.75) is 33.2 Å². The summed E-state index contributed by atoms with van der Waals surface area (Å²) in [6, 6.07) is 0.292. The second-order valence-electron chi connectivity index (χ2n) is 2.82. The second-order valence-corrected chi connectivity index (χ2v) is 2.82. The maximum absolute atomic E-state index is 5.36. The summed E-state index contributed by atoms with van der Waals surface area (Å²) in [5, 5.41) is 0. The normalized spacial score (nSPS) is 16.4. The van der Waals surface area contributed by atoms with E-state index in [1.54, 1.807) is 0 Å². The maximum atomic E-state index is 5.36. The summed E-state index contributed by atoms with van der Waals surface area (Å²) in [6.07, 6.45) is 1.13. The van der Waals surface area contributed by atoms with Gasteiger partial charge in [0, 0.05) is 12.6 Å². The molecule has 0 aromatic rings. The van der Waals surface area contributed by atoms with Crippen molar-refractivity contribution in [2.75, 3.05) is 13.2 Å². The number of ether oxygens (including phenoxy) is 1. The van der Waals surface area contributed by atoms with Gasteiger partial charge in [0.2, 0.25) is 0 Å². The van der Waals surface area contributed by atoms with Gasteiger partial charge in [-0.1, -0.05) is 20.3 Å². The van der Waals surface area contributed by atoms with Crippen LogP contribution in [0, 0.1) is 5.92 Å². The molecule has 11 heavy (non-hydrogen) atoms. The Kier molecular flexibility index (Phi) is 6.51. The summed E-state index contributed by atoms with van der Waals surface area (Å²) in [7, 11) is 0. The fourth-order valence-corrected chi connectivity index (χ4v) is 0.906. The van der Waals surface area contributed by atoms with Crippen LogP contribution in [0.2, 0.25) is 0 Å². The van der Waals surface area contributed by atoms with E-state index in [0.717, 1.165) is 13.0 Å². The Bertz CT molecular complexity index is 88.2. The number of hydrogen-bond acceptors (Lipinski definition) is 3. The third-order valence-electron chi connectivity index (χ3n) is 2.05. The molecular formula is C8H20N2O. The summed E-state index contributed by atoms with van der Waals surface area (Å²) in [5.74, 6) is 5.94. The van der Waals surface area contributed by atoms with Gasteiger partial charge >= 0.3 is 0 Å². The zero-order valence-corrected chi connectivity index (χ0v) is 7.76. The van der Waals surface area contributed by atoms with Crippen LogP contribution in [0.1, 0.15) is 27.2 Å². The SMILES string of the molecule is CCOCC(NN)C(C)CC. The lowest BCUT2D eigenvalue weighted by molar-refractivity contribution is 0.105. The number of hydrazine groups is 1. The van der Waals surface area contributed by atoms with Crippen molar-refractivity contribution in [2.24, 2.45) is 11.8 Å². The van der Waals surface area contributed by atoms with E-state index in [-0.39, 0.29) is 0 Å². The highest BCUT2D eigenvalue weighted by Gasteiger charge is 2.13. The molecule has 68 valence electrons. The zero-order valence-electron chi connectivity index (χ0n) is 7.76. The van der Waals surface area contributed by atoms with Gasteiger partial charge in [0.05, 0.1) is 6.61 Å². The smallest absolute Gasteiger partial charge is 0.0635 e. The first-order valence-corrected chi connectivity index (χ1v) is 4.30. The largest absolute Gasteiger partial charge is 0.380 e. The molecule has 2 unspecified atom stereocenters. The van der Waals surface area contributed by atoms with E-state index in [2.05, 4.69) is 19.3 Å². The van der Waals surface area contributed by atoms with Crippen LogP contribution >= 0.6 is 0 Å². The van der Waals surface area contributed by atoms with Gasteiger partial charge in [-0.3, -0.25) is 11.3 Å². The lowest BCUT2D eigenvalue weighted by atomic mass is 10.0. The molecule has 0 aliphatic carbocycles. The predicted octanol–water partition coefficient (Wildman–Crippen LogP) is 0.901. The molecular weight excluding hydrogens is 140 g/mol. The van der Waals surface area contributed by atoms with Crippen molar-refractivity contribution in [1.29, 1.82) is 0 Å². The average molecular weight is 160 g/mol. The van der Waals surface area contributed by atoms with Crippen LogP contribution in [0.5, 0.6) is 0 Å². The van der Waals surface area contributed by atoms with Gasteiger partial charge in [0.15, 0.2) is 0 Å². The standard InChI is InChI=1S/C8H20N2O/c1-4-7(3)8(10-9)6-11-5-2/h7-8,10H,4-6,9H2,1-3H3. The molecule has 0 aromatic heterocycles. The summed E-state index contributed by atoms with van der Waals surface area (Å²) in [6.45, 7) is 7.78. The summed E-state index contributed by atoms with van der Waals surface area (Å²) >= 11 is 0. The van der Waals surface area contributed by atoms with Gasteiger partial charge in [0.1, 0.15) is 0 Å². The molecule has 0 fully saturated rings. The third kappa shape index (κ3) is 4.35. The molecule has 3 nitrogen and oxygen atoms in total. The van der Waals surface area contributed by atoms with Gasteiger partial charge in [-0.25, -0.2) is 0 Å². The summed E-state index contributed by atoms with van der Waals surface area (Å²) in [5.41, 5.74) is 2.76. The molecule has 2 atom stereocenters. The van der Waals surface area contributed by atoms with Crippen LogP contribution in [0.15, 0.2) is 0 Å². The minimum absolute atomic E-state index is 0.292. The van der Waals surface area contributed by atoms with E-state index in [0.29, 0.717) is 18.6 Å². The Labute approximate surface area is 69.3 Å². The van der Waals surface area contributed by atoms with Crippen LogP contribution in [-0.2, 0) is 4.74 Å². The second kappa shape index (κ2) is 6.58. The number of hydrogen-bond donors (Lipinski definition) is 2. The quantitative estimate of drug-likeness (QED) is 0.448. The van der Waals surface area contributed by atoms with Gasteiger partial charge in [-0.05, 0) is 12.8 Å². The van der Waals surface area contributed by atoms with Crippen LogP contribution < -0.4 is 11.3 Å². The number of nitrogens with one attached hydrogen (secondary N) is 1. The molecule has 0 saturated carbocycles. The van der Waals surface area contributed by atoms with Crippen LogP contribution in [0.25, 0.3) is 0 Å². The van der Waals surface area contributed by atoms with Crippen molar-refractivity contribution in [3.63, 3.8) is 0 Å². The highest BCUT2D eigenvalue weighted by Crippen LogP contribution is 2.06.